The van der Waals surface area contributed by atoms with Gasteiger partial charge < -0.3 is 4.90 Å². The molecule has 2 aliphatic heterocycles. The Bertz CT molecular complexity index is 658. The minimum atomic E-state index is 0.818. The van der Waals surface area contributed by atoms with Crippen molar-refractivity contribution < 1.29 is 4.58 Å². The number of hydrogen-bond donors (Lipinski definition) is 0. The van der Waals surface area contributed by atoms with Crippen molar-refractivity contribution in [2.24, 2.45) is 0 Å². The quantitative estimate of drug-likeness (QED) is 0.188. The molecule has 0 amide bonds. The fourth-order valence-corrected chi connectivity index (χ4v) is 9.81. The van der Waals surface area contributed by atoms with Crippen LogP contribution in [0.4, 0.5) is 0 Å². The van der Waals surface area contributed by atoms with Crippen LogP contribution in [0, 0.1) is 0 Å². The van der Waals surface area contributed by atoms with Crippen molar-refractivity contribution in [3.05, 3.63) is 11.1 Å². The molecule has 0 aromatic carbocycles. The highest BCUT2D eigenvalue weighted by Crippen LogP contribution is 2.47. The first-order chi connectivity index (χ1) is 16.3. The maximum absolute atomic E-state index is 2.88. The van der Waals surface area contributed by atoms with Gasteiger partial charge in [-0.1, -0.05) is 78.1 Å². The molecule has 0 radical (unpaired) electrons. The van der Waals surface area contributed by atoms with Gasteiger partial charge >= 0.3 is 0 Å². The van der Waals surface area contributed by atoms with E-state index in [2.05, 4.69) is 52.9 Å². The zero-order chi connectivity index (χ0) is 22.9. The van der Waals surface area contributed by atoms with E-state index in [1.165, 1.54) is 129 Å². The lowest BCUT2D eigenvalue weighted by Crippen LogP contribution is -2.37. The van der Waals surface area contributed by atoms with Gasteiger partial charge in [0, 0.05) is 36.8 Å². The van der Waals surface area contributed by atoms with Gasteiger partial charge in [0.2, 0.25) is 5.04 Å². The van der Waals surface area contributed by atoms with Crippen LogP contribution in [-0.2, 0) is 0 Å². The minimum Gasteiger partial charge on any atom is -0.362 e. The molecular weight excluding hydrogens is 440 g/mol. The average Bonchev–Trinajstić information content (AvgIpc) is 3.36. The number of nitrogens with zero attached hydrogens (tertiary/aromatic N) is 2. The van der Waals surface area contributed by atoms with Gasteiger partial charge in [-0.25, -0.2) is 4.58 Å². The Morgan fingerprint density at radius 3 is 2.21 bits per heavy atom. The van der Waals surface area contributed by atoms with Crippen LogP contribution in [0.3, 0.4) is 0 Å². The van der Waals surface area contributed by atoms with E-state index in [0.717, 1.165) is 22.6 Å². The van der Waals surface area contributed by atoms with Crippen LogP contribution in [0.25, 0.3) is 0 Å². The van der Waals surface area contributed by atoms with Crippen molar-refractivity contribution in [1.29, 1.82) is 0 Å². The first-order valence-electron chi connectivity index (χ1n) is 14.8. The molecule has 0 N–H and O–H groups in total. The van der Waals surface area contributed by atoms with E-state index in [1.807, 2.05) is 0 Å². The largest absolute Gasteiger partial charge is 0.362 e. The second-order valence-corrected chi connectivity index (χ2v) is 13.6. The lowest BCUT2D eigenvalue weighted by Gasteiger charge is -2.32. The fourth-order valence-electron chi connectivity index (χ4n) is 6.58. The van der Waals surface area contributed by atoms with Gasteiger partial charge in [0.25, 0.3) is 0 Å². The lowest BCUT2D eigenvalue weighted by atomic mass is 9.93. The van der Waals surface area contributed by atoms with Gasteiger partial charge in [-0.15, -0.1) is 11.8 Å². The Kier molecular flexibility index (Phi) is 10.9. The Morgan fingerprint density at radius 1 is 0.758 bits per heavy atom. The molecule has 4 rings (SSSR count). The summed E-state index contributed by atoms with van der Waals surface area (Å²) in [5.41, 5.74) is 0. The van der Waals surface area contributed by atoms with Gasteiger partial charge in [-0.2, -0.15) is 0 Å². The molecule has 4 heteroatoms. The Labute approximate surface area is 213 Å². The number of thioether (sulfide) groups is 2. The molecule has 2 aliphatic carbocycles. The molecule has 4 aliphatic rings. The third-order valence-electron chi connectivity index (χ3n) is 8.50. The highest BCUT2D eigenvalue weighted by molar-refractivity contribution is 8.15. The summed E-state index contributed by atoms with van der Waals surface area (Å²) in [5, 5.41) is 4.99. The predicted molar refractivity (Wildman–Crippen MR) is 150 cm³/mol. The fraction of sp³-hybridized carbons (Fsp3) is 0.897. The summed E-state index contributed by atoms with van der Waals surface area (Å²) in [4.78, 5) is 2.88. The first-order valence-corrected chi connectivity index (χ1v) is 16.5. The van der Waals surface area contributed by atoms with Crippen LogP contribution in [0.1, 0.15) is 129 Å². The highest BCUT2D eigenvalue weighted by Gasteiger charge is 2.45. The van der Waals surface area contributed by atoms with Crippen molar-refractivity contribution in [2.45, 2.75) is 152 Å². The van der Waals surface area contributed by atoms with E-state index >= 15 is 0 Å². The molecule has 2 nitrogen and oxygen atoms in total. The minimum absolute atomic E-state index is 0.818. The third kappa shape index (κ3) is 6.99. The molecular formula is C29H51N2S2+. The van der Waals surface area contributed by atoms with Gasteiger partial charge in [0.15, 0.2) is 6.04 Å². The lowest BCUT2D eigenvalue weighted by molar-refractivity contribution is -0.562. The van der Waals surface area contributed by atoms with Crippen molar-refractivity contribution in [2.75, 3.05) is 13.1 Å². The molecule has 3 fully saturated rings. The maximum atomic E-state index is 2.88. The van der Waals surface area contributed by atoms with Crippen LogP contribution in [-0.4, -0.2) is 50.2 Å². The smallest absolute Gasteiger partial charge is 0.238 e. The highest BCUT2D eigenvalue weighted by atomic mass is 32.2. The van der Waals surface area contributed by atoms with Crippen molar-refractivity contribution in [1.82, 2.24) is 4.90 Å². The molecule has 2 heterocycles. The molecule has 188 valence electrons. The Balaban J connectivity index is 1.48. The standard InChI is InChI=1S/C29H51N2S2/c1-3-5-7-9-15-21-30-24-17-11-13-19-26(24)32-28(30)23-29-31(22-16-10-8-6-4-2)25-18-12-14-20-27(25)33-29/h23-27H,3-22H2,1-2H3/q+1. The van der Waals surface area contributed by atoms with E-state index in [0.29, 0.717) is 0 Å². The summed E-state index contributed by atoms with van der Waals surface area (Å²) in [6.45, 7) is 7.25. The van der Waals surface area contributed by atoms with Crippen LogP contribution in [0.2, 0.25) is 0 Å². The topological polar surface area (TPSA) is 6.25 Å². The summed E-state index contributed by atoms with van der Waals surface area (Å²) in [6, 6.07) is 1.64. The number of fused-ring (bicyclic) bond motifs is 2. The summed E-state index contributed by atoms with van der Waals surface area (Å²) >= 11 is 4.51. The van der Waals surface area contributed by atoms with E-state index < -0.39 is 0 Å². The third-order valence-corrected chi connectivity index (χ3v) is 11.4. The Hall–Kier alpha value is -0.0900. The number of rotatable bonds is 13. The molecule has 1 saturated heterocycles. The summed E-state index contributed by atoms with van der Waals surface area (Å²) in [5.74, 6) is 0. The normalized spacial score (nSPS) is 30.8. The van der Waals surface area contributed by atoms with E-state index in [9.17, 15) is 0 Å². The van der Waals surface area contributed by atoms with Gasteiger partial charge in [0.1, 0.15) is 6.54 Å². The van der Waals surface area contributed by atoms with Crippen molar-refractivity contribution >= 4 is 28.6 Å². The van der Waals surface area contributed by atoms with Gasteiger partial charge in [0.05, 0.1) is 10.3 Å². The second-order valence-electron chi connectivity index (χ2n) is 11.1. The van der Waals surface area contributed by atoms with Crippen LogP contribution in [0.5, 0.6) is 0 Å². The molecule has 4 unspecified atom stereocenters. The summed E-state index contributed by atoms with van der Waals surface area (Å²) < 4.78 is 2.88. The molecule has 33 heavy (non-hydrogen) atoms. The second kappa shape index (κ2) is 13.9. The van der Waals surface area contributed by atoms with Gasteiger partial charge in [-0.3, -0.25) is 0 Å². The summed E-state index contributed by atoms with van der Waals surface area (Å²) in [6.07, 6.45) is 28.2. The predicted octanol–water partition coefficient (Wildman–Crippen LogP) is 8.60. The van der Waals surface area contributed by atoms with Crippen molar-refractivity contribution in [3.63, 3.8) is 0 Å². The number of hydrogen-bond acceptors (Lipinski definition) is 3. The van der Waals surface area contributed by atoms with E-state index in [1.54, 1.807) is 10.1 Å². The first kappa shape index (κ1) is 26.0. The van der Waals surface area contributed by atoms with Crippen LogP contribution in [0.15, 0.2) is 11.1 Å². The van der Waals surface area contributed by atoms with E-state index in [-0.39, 0.29) is 0 Å². The molecule has 2 saturated carbocycles. The number of unbranched alkanes of at least 4 members (excludes halogenated alkanes) is 8. The average molecular weight is 492 g/mol. The van der Waals surface area contributed by atoms with E-state index in [4.69, 9.17) is 0 Å². The zero-order valence-electron chi connectivity index (χ0n) is 21.7. The Morgan fingerprint density at radius 2 is 1.42 bits per heavy atom. The maximum Gasteiger partial charge on any atom is 0.238 e. The molecule has 0 aromatic rings. The zero-order valence-corrected chi connectivity index (χ0v) is 23.4. The molecule has 0 spiro atoms. The van der Waals surface area contributed by atoms with Gasteiger partial charge in [-0.05, 0) is 50.3 Å². The molecule has 0 aromatic heterocycles. The molecule has 4 atom stereocenters. The monoisotopic (exact) mass is 491 g/mol. The SMILES string of the molecule is CCCCCCCN1/C(=C\C2=[N+](CCCCCCC)C3CCCCC3S2)SC2CCCCC21. The molecule has 0 bridgehead atoms. The van der Waals surface area contributed by atoms with Crippen molar-refractivity contribution in [3.8, 4) is 0 Å². The summed E-state index contributed by atoms with van der Waals surface area (Å²) in [7, 11) is 0. The van der Waals surface area contributed by atoms with Crippen LogP contribution >= 0.6 is 23.5 Å². The van der Waals surface area contributed by atoms with Crippen LogP contribution < -0.4 is 0 Å².